The van der Waals surface area contributed by atoms with Crippen LogP contribution in [0.25, 0.3) is 0 Å². The van der Waals surface area contributed by atoms with Gasteiger partial charge in [-0.1, -0.05) is 13.0 Å². The zero-order valence-corrected chi connectivity index (χ0v) is 18.2. The SMILES string of the molecule is CC(=O)O[C@@H]1CC[C@H]2[C@H]3CCc4cc(OC(=S)N(C)C)ccc4[C@@H]3CC[C@]12C. The van der Waals surface area contributed by atoms with Crippen LogP contribution in [0.2, 0.25) is 0 Å². The molecule has 0 saturated heterocycles. The highest BCUT2D eigenvalue weighted by Gasteiger charge is 2.56. The second kappa shape index (κ2) is 7.33. The lowest BCUT2D eigenvalue weighted by atomic mass is 9.55. The van der Waals surface area contributed by atoms with Crippen molar-refractivity contribution in [3.8, 4) is 5.75 Å². The normalized spacial score (nSPS) is 33.3. The molecule has 0 unspecified atom stereocenters. The van der Waals surface area contributed by atoms with E-state index in [1.54, 1.807) is 6.92 Å². The van der Waals surface area contributed by atoms with Crippen LogP contribution >= 0.6 is 12.2 Å². The van der Waals surface area contributed by atoms with Gasteiger partial charge in [0.2, 0.25) is 0 Å². The van der Waals surface area contributed by atoms with Gasteiger partial charge in [-0.3, -0.25) is 4.79 Å². The lowest BCUT2D eigenvalue weighted by molar-refractivity contribution is -0.154. The van der Waals surface area contributed by atoms with Gasteiger partial charge in [0.05, 0.1) is 0 Å². The highest BCUT2D eigenvalue weighted by molar-refractivity contribution is 7.80. The zero-order valence-electron chi connectivity index (χ0n) is 17.4. The second-order valence-electron chi connectivity index (χ2n) is 9.26. The number of hydrogen-bond donors (Lipinski definition) is 0. The number of nitrogens with zero attached hydrogens (tertiary/aromatic N) is 1. The van der Waals surface area contributed by atoms with Gasteiger partial charge in [0, 0.05) is 26.4 Å². The molecule has 0 bridgehead atoms. The van der Waals surface area contributed by atoms with Gasteiger partial charge in [0.25, 0.3) is 5.17 Å². The zero-order chi connectivity index (χ0) is 20.1. The van der Waals surface area contributed by atoms with Gasteiger partial charge in [0.15, 0.2) is 0 Å². The van der Waals surface area contributed by atoms with Crippen molar-refractivity contribution in [1.29, 1.82) is 0 Å². The highest BCUT2D eigenvalue weighted by Crippen LogP contribution is 2.61. The van der Waals surface area contributed by atoms with E-state index in [9.17, 15) is 4.79 Å². The molecule has 0 N–H and O–H groups in total. The average Bonchev–Trinajstić information content (AvgIpc) is 2.97. The van der Waals surface area contributed by atoms with E-state index in [1.165, 1.54) is 30.4 Å². The summed E-state index contributed by atoms with van der Waals surface area (Å²) in [6.07, 6.45) is 6.92. The van der Waals surface area contributed by atoms with Gasteiger partial charge in [0.1, 0.15) is 11.9 Å². The van der Waals surface area contributed by atoms with Gasteiger partial charge in [-0.15, -0.1) is 0 Å². The fourth-order valence-corrected chi connectivity index (χ4v) is 6.26. The van der Waals surface area contributed by atoms with Crippen LogP contribution in [0.4, 0.5) is 0 Å². The number of hydrogen-bond acceptors (Lipinski definition) is 4. The summed E-state index contributed by atoms with van der Waals surface area (Å²) in [6.45, 7) is 3.91. The molecule has 0 spiro atoms. The maximum absolute atomic E-state index is 11.6. The Hall–Kier alpha value is -1.62. The highest BCUT2D eigenvalue weighted by atomic mass is 32.1. The van der Waals surface area contributed by atoms with E-state index >= 15 is 0 Å². The molecule has 152 valence electrons. The summed E-state index contributed by atoms with van der Waals surface area (Å²) < 4.78 is 11.6. The second-order valence-corrected chi connectivity index (χ2v) is 9.61. The largest absolute Gasteiger partial charge is 0.462 e. The van der Waals surface area contributed by atoms with E-state index in [2.05, 4.69) is 25.1 Å². The van der Waals surface area contributed by atoms with Gasteiger partial charge in [-0.25, -0.2) is 0 Å². The molecule has 0 amide bonds. The maximum Gasteiger partial charge on any atom is 0.302 e. The minimum absolute atomic E-state index is 0.0974. The van der Waals surface area contributed by atoms with E-state index in [0.717, 1.165) is 25.0 Å². The number of fused-ring (bicyclic) bond motifs is 5. The van der Waals surface area contributed by atoms with Gasteiger partial charge in [-0.05, 0) is 91.8 Å². The molecular formula is C23H31NO3S. The van der Waals surface area contributed by atoms with E-state index < -0.39 is 0 Å². The number of benzene rings is 1. The first-order valence-electron chi connectivity index (χ1n) is 10.5. The molecule has 0 aromatic heterocycles. The van der Waals surface area contributed by atoms with Crippen LogP contribution in [0, 0.1) is 17.3 Å². The predicted octanol–water partition coefficient (Wildman–Crippen LogP) is 4.70. The third-order valence-corrected chi connectivity index (χ3v) is 7.94. The molecule has 4 nitrogen and oxygen atoms in total. The maximum atomic E-state index is 11.6. The Morgan fingerprint density at radius 1 is 1.21 bits per heavy atom. The molecule has 5 atom stereocenters. The van der Waals surface area contributed by atoms with Crippen molar-refractivity contribution in [2.75, 3.05) is 14.1 Å². The molecule has 3 aliphatic rings. The Labute approximate surface area is 173 Å². The fraction of sp³-hybridized carbons (Fsp3) is 0.652. The number of carbonyl (C=O) groups is 1. The number of esters is 1. The lowest BCUT2D eigenvalue weighted by Gasteiger charge is -2.50. The van der Waals surface area contributed by atoms with E-state index in [-0.39, 0.29) is 17.5 Å². The third kappa shape index (κ3) is 3.32. The van der Waals surface area contributed by atoms with E-state index in [4.69, 9.17) is 21.7 Å². The predicted molar refractivity (Wildman–Crippen MR) is 114 cm³/mol. The number of rotatable bonds is 2. The Kier molecular flexibility index (Phi) is 5.15. The van der Waals surface area contributed by atoms with E-state index in [0.29, 0.717) is 22.9 Å². The average molecular weight is 402 g/mol. The Balaban J connectivity index is 1.55. The molecule has 4 rings (SSSR count). The number of carbonyl (C=O) groups excluding carboxylic acids is 1. The summed E-state index contributed by atoms with van der Waals surface area (Å²) in [4.78, 5) is 13.4. The first-order chi connectivity index (χ1) is 13.3. The summed E-state index contributed by atoms with van der Waals surface area (Å²) in [7, 11) is 3.80. The van der Waals surface area contributed by atoms with Crippen LogP contribution in [0.3, 0.4) is 0 Å². The monoisotopic (exact) mass is 401 g/mol. The quantitative estimate of drug-likeness (QED) is 0.530. The van der Waals surface area contributed by atoms with Crippen molar-refractivity contribution in [2.24, 2.45) is 17.3 Å². The molecule has 3 aliphatic carbocycles. The lowest BCUT2D eigenvalue weighted by Crippen LogP contribution is -2.45. The molecular weight excluding hydrogens is 370 g/mol. The Morgan fingerprint density at radius 2 is 2.00 bits per heavy atom. The van der Waals surface area contributed by atoms with Crippen LogP contribution < -0.4 is 4.74 Å². The van der Waals surface area contributed by atoms with Gasteiger partial charge < -0.3 is 14.4 Å². The topological polar surface area (TPSA) is 38.8 Å². The van der Waals surface area contributed by atoms with Crippen molar-refractivity contribution in [1.82, 2.24) is 4.90 Å². The van der Waals surface area contributed by atoms with Crippen LogP contribution in [0.1, 0.15) is 63.0 Å². The minimum Gasteiger partial charge on any atom is -0.462 e. The molecule has 1 aromatic rings. The number of aryl methyl sites for hydroxylation is 1. The Morgan fingerprint density at radius 3 is 2.71 bits per heavy atom. The smallest absolute Gasteiger partial charge is 0.302 e. The van der Waals surface area contributed by atoms with E-state index in [1.807, 2.05) is 19.0 Å². The van der Waals surface area contributed by atoms with Crippen molar-refractivity contribution < 1.29 is 14.3 Å². The first-order valence-corrected chi connectivity index (χ1v) is 10.9. The van der Waals surface area contributed by atoms with Gasteiger partial charge >= 0.3 is 5.97 Å². The van der Waals surface area contributed by atoms with Gasteiger partial charge in [-0.2, -0.15) is 0 Å². The summed E-state index contributed by atoms with van der Waals surface area (Å²) in [5.74, 6) is 2.67. The molecule has 5 heteroatoms. The van der Waals surface area contributed by atoms with Crippen molar-refractivity contribution in [3.05, 3.63) is 29.3 Å². The summed E-state index contributed by atoms with van der Waals surface area (Å²) >= 11 is 5.28. The van der Waals surface area contributed by atoms with Crippen LogP contribution in [-0.4, -0.2) is 36.2 Å². The number of ether oxygens (including phenoxy) is 2. The summed E-state index contributed by atoms with van der Waals surface area (Å²) in [6, 6.07) is 6.52. The van der Waals surface area contributed by atoms with Crippen molar-refractivity contribution in [2.45, 2.75) is 64.4 Å². The third-order valence-electron chi connectivity index (χ3n) is 7.49. The molecule has 0 radical (unpaired) electrons. The van der Waals surface area contributed by atoms with Crippen LogP contribution in [-0.2, 0) is 16.0 Å². The molecule has 0 heterocycles. The number of thiocarbonyl (C=S) groups is 1. The Bertz CT molecular complexity index is 792. The van der Waals surface area contributed by atoms with Crippen LogP contribution in [0.5, 0.6) is 5.75 Å². The minimum atomic E-state index is -0.133. The fourth-order valence-electron chi connectivity index (χ4n) is 6.16. The summed E-state index contributed by atoms with van der Waals surface area (Å²) in [5, 5.41) is 0.490. The van der Waals surface area contributed by atoms with Crippen LogP contribution in [0.15, 0.2) is 18.2 Å². The first kappa shape index (κ1) is 19.7. The van der Waals surface area contributed by atoms with Crippen molar-refractivity contribution >= 4 is 23.4 Å². The molecule has 1 aromatic carbocycles. The molecule has 0 aliphatic heterocycles. The molecule has 28 heavy (non-hydrogen) atoms. The molecule has 2 fully saturated rings. The molecule has 2 saturated carbocycles. The summed E-state index contributed by atoms with van der Waals surface area (Å²) in [5.41, 5.74) is 3.06. The standard InChI is InChI=1S/C23H31NO3S/c1-14(25)26-21-10-9-20-19-7-5-15-13-16(27-22(28)24(3)4)6-8-17(15)18(19)11-12-23(20,21)2/h6,8,13,18-21H,5,7,9-12H2,1-4H3/t18-,19-,20-,21+,23-/m0/s1. The van der Waals surface area contributed by atoms with Crippen molar-refractivity contribution in [3.63, 3.8) is 0 Å².